The molecular formula is C13H21N3OS. The quantitative estimate of drug-likeness (QED) is 0.607. The van der Waals surface area contributed by atoms with Gasteiger partial charge in [0, 0.05) is 12.7 Å². The van der Waals surface area contributed by atoms with Gasteiger partial charge in [-0.15, -0.1) is 0 Å². The Labute approximate surface area is 114 Å². The second-order valence-corrected chi connectivity index (χ2v) is 4.40. The Hall–Kier alpha value is -1.23. The van der Waals surface area contributed by atoms with Gasteiger partial charge in [0.05, 0.1) is 12.2 Å². The highest BCUT2D eigenvalue weighted by molar-refractivity contribution is 7.80. The third-order valence-electron chi connectivity index (χ3n) is 2.48. The number of anilines is 1. The van der Waals surface area contributed by atoms with Crippen LogP contribution in [0.2, 0.25) is 0 Å². The number of aromatic nitrogens is 2. The molecule has 1 aromatic rings. The van der Waals surface area contributed by atoms with Crippen molar-refractivity contribution in [3.63, 3.8) is 0 Å². The Morgan fingerprint density at radius 1 is 1.39 bits per heavy atom. The first-order valence-electron chi connectivity index (χ1n) is 6.43. The van der Waals surface area contributed by atoms with Crippen LogP contribution in [0.1, 0.15) is 44.5 Å². The van der Waals surface area contributed by atoms with Crippen LogP contribution in [0, 0.1) is 6.92 Å². The molecule has 0 saturated heterocycles. The van der Waals surface area contributed by atoms with E-state index in [1.54, 1.807) is 6.20 Å². The Balaban J connectivity index is 2.73. The fourth-order valence-corrected chi connectivity index (χ4v) is 1.81. The number of hydrogen-bond donors (Lipinski definition) is 1. The molecule has 1 N–H and O–H groups in total. The van der Waals surface area contributed by atoms with E-state index in [2.05, 4.69) is 22.2 Å². The van der Waals surface area contributed by atoms with Crippen LogP contribution in [0.3, 0.4) is 0 Å². The highest BCUT2D eigenvalue weighted by atomic mass is 32.1. The van der Waals surface area contributed by atoms with Gasteiger partial charge in [-0.05, 0) is 32.5 Å². The maximum atomic E-state index is 5.35. The first kappa shape index (κ1) is 14.8. The van der Waals surface area contributed by atoms with Crippen LogP contribution < -0.4 is 5.32 Å². The molecular weight excluding hydrogens is 246 g/mol. The standard InChI is InChI=1S/C13H21N3OS/c1-4-6-7-8-14-12-11(13(18)17-5-2)9-15-10(3)16-12/h9H,4-8H2,1-3H3,(H,14,15,16). The van der Waals surface area contributed by atoms with E-state index in [-0.39, 0.29) is 0 Å². The number of nitrogens with zero attached hydrogens (tertiary/aromatic N) is 2. The molecule has 1 heterocycles. The Bertz CT molecular complexity index is 396. The predicted octanol–water partition coefficient (Wildman–Crippen LogP) is 3.10. The molecule has 0 atom stereocenters. The van der Waals surface area contributed by atoms with E-state index in [0.717, 1.165) is 30.2 Å². The Morgan fingerprint density at radius 2 is 2.17 bits per heavy atom. The zero-order chi connectivity index (χ0) is 13.4. The summed E-state index contributed by atoms with van der Waals surface area (Å²) >= 11 is 5.21. The van der Waals surface area contributed by atoms with Crippen molar-refractivity contribution in [1.82, 2.24) is 9.97 Å². The molecule has 0 unspecified atom stereocenters. The van der Waals surface area contributed by atoms with Gasteiger partial charge in [-0.25, -0.2) is 9.97 Å². The topological polar surface area (TPSA) is 47.0 Å². The Kier molecular flexibility index (Phi) is 6.57. The number of unbranched alkanes of at least 4 members (excludes halogenated alkanes) is 2. The van der Waals surface area contributed by atoms with Crippen LogP contribution in [-0.2, 0) is 4.74 Å². The number of nitrogens with one attached hydrogen (secondary N) is 1. The minimum atomic E-state index is 0.454. The van der Waals surface area contributed by atoms with Crippen molar-refractivity contribution < 1.29 is 4.74 Å². The first-order chi connectivity index (χ1) is 8.69. The summed E-state index contributed by atoms with van der Waals surface area (Å²) < 4.78 is 5.35. The minimum Gasteiger partial charge on any atom is -0.483 e. The third kappa shape index (κ3) is 4.56. The zero-order valence-corrected chi connectivity index (χ0v) is 12.1. The fraction of sp³-hybridized carbons (Fsp3) is 0.615. The number of ether oxygens (including phenoxy) is 1. The van der Waals surface area contributed by atoms with E-state index in [4.69, 9.17) is 17.0 Å². The van der Waals surface area contributed by atoms with Gasteiger partial charge in [0.1, 0.15) is 11.6 Å². The molecule has 18 heavy (non-hydrogen) atoms. The van der Waals surface area contributed by atoms with Crippen molar-refractivity contribution in [3.05, 3.63) is 17.6 Å². The van der Waals surface area contributed by atoms with Gasteiger partial charge in [-0.3, -0.25) is 0 Å². The van der Waals surface area contributed by atoms with Gasteiger partial charge >= 0.3 is 0 Å². The smallest absolute Gasteiger partial charge is 0.196 e. The van der Waals surface area contributed by atoms with E-state index in [1.165, 1.54) is 12.8 Å². The van der Waals surface area contributed by atoms with Crippen molar-refractivity contribution >= 4 is 23.1 Å². The summed E-state index contributed by atoms with van der Waals surface area (Å²) in [6, 6.07) is 0. The van der Waals surface area contributed by atoms with E-state index < -0.39 is 0 Å². The van der Waals surface area contributed by atoms with E-state index in [9.17, 15) is 0 Å². The summed E-state index contributed by atoms with van der Waals surface area (Å²) in [5, 5.41) is 3.76. The average Bonchev–Trinajstić information content (AvgIpc) is 2.35. The summed E-state index contributed by atoms with van der Waals surface area (Å²) in [6.07, 6.45) is 5.26. The second kappa shape index (κ2) is 7.97. The molecule has 5 heteroatoms. The van der Waals surface area contributed by atoms with Gasteiger partial charge in [-0.1, -0.05) is 19.8 Å². The average molecular weight is 267 g/mol. The molecule has 0 aliphatic carbocycles. The highest BCUT2D eigenvalue weighted by Crippen LogP contribution is 2.14. The molecule has 0 bridgehead atoms. The maximum absolute atomic E-state index is 5.35. The largest absolute Gasteiger partial charge is 0.483 e. The Morgan fingerprint density at radius 3 is 2.83 bits per heavy atom. The molecule has 4 nitrogen and oxygen atoms in total. The predicted molar refractivity (Wildman–Crippen MR) is 78.1 cm³/mol. The lowest BCUT2D eigenvalue weighted by Gasteiger charge is -2.12. The zero-order valence-electron chi connectivity index (χ0n) is 11.3. The summed E-state index contributed by atoms with van der Waals surface area (Å²) in [5.41, 5.74) is 0.772. The normalized spacial score (nSPS) is 10.2. The van der Waals surface area contributed by atoms with Crippen LogP contribution in [0.25, 0.3) is 0 Å². The van der Waals surface area contributed by atoms with Crippen LogP contribution in [0.5, 0.6) is 0 Å². The van der Waals surface area contributed by atoms with Crippen molar-refractivity contribution in [2.45, 2.75) is 40.0 Å². The minimum absolute atomic E-state index is 0.454. The SMILES string of the molecule is CCCCCNc1nc(C)ncc1C(=S)OCC. The van der Waals surface area contributed by atoms with Gasteiger partial charge in [-0.2, -0.15) is 0 Å². The van der Waals surface area contributed by atoms with Crippen LogP contribution in [0.4, 0.5) is 5.82 Å². The summed E-state index contributed by atoms with van der Waals surface area (Å²) in [7, 11) is 0. The van der Waals surface area contributed by atoms with Crippen molar-refractivity contribution in [3.8, 4) is 0 Å². The highest BCUT2D eigenvalue weighted by Gasteiger charge is 2.11. The number of thiocarbonyl (C=S) groups is 1. The van der Waals surface area contributed by atoms with Crippen LogP contribution in [0.15, 0.2) is 6.20 Å². The lowest BCUT2D eigenvalue weighted by atomic mass is 10.2. The second-order valence-electron chi connectivity index (χ2n) is 4.03. The molecule has 0 aliphatic rings. The molecule has 0 spiro atoms. The lowest BCUT2D eigenvalue weighted by Crippen LogP contribution is -2.13. The van der Waals surface area contributed by atoms with Crippen LogP contribution in [-0.4, -0.2) is 28.2 Å². The summed E-state index contributed by atoms with van der Waals surface area (Å²) in [4.78, 5) is 8.55. The van der Waals surface area contributed by atoms with Gasteiger partial charge in [0.25, 0.3) is 0 Å². The molecule has 100 valence electrons. The van der Waals surface area contributed by atoms with Gasteiger partial charge in [0.15, 0.2) is 5.05 Å². The summed E-state index contributed by atoms with van der Waals surface area (Å²) in [6.45, 7) is 7.42. The number of aryl methyl sites for hydroxylation is 1. The molecule has 1 rings (SSSR count). The van der Waals surface area contributed by atoms with E-state index >= 15 is 0 Å². The monoisotopic (exact) mass is 267 g/mol. The maximum Gasteiger partial charge on any atom is 0.196 e. The lowest BCUT2D eigenvalue weighted by molar-refractivity contribution is 0.337. The molecule has 0 saturated carbocycles. The van der Waals surface area contributed by atoms with Crippen molar-refractivity contribution in [2.75, 3.05) is 18.5 Å². The molecule has 1 aromatic heterocycles. The molecule has 0 radical (unpaired) electrons. The molecule has 0 amide bonds. The van der Waals surface area contributed by atoms with E-state index in [0.29, 0.717) is 11.7 Å². The molecule has 0 fully saturated rings. The first-order valence-corrected chi connectivity index (χ1v) is 6.84. The van der Waals surface area contributed by atoms with Crippen molar-refractivity contribution in [1.29, 1.82) is 0 Å². The molecule has 0 aromatic carbocycles. The van der Waals surface area contributed by atoms with Gasteiger partial charge < -0.3 is 10.1 Å². The van der Waals surface area contributed by atoms with E-state index in [1.807, 2.05) is 13.8 Å². The third-order valence-corrected chi connectivity index (χ3v) is 2.82. The van der Waals surface area contributed by atoms with Gasteiger partial charge in [0.2, 0.25) is 0 Å². The number of rotatable bonds is 7. The summed E-state index contributed by atoms with van der Waals surface area (Å²) in [5.74, 6) is 1.51. The number of hydrogen-bond acceptors (Lipinski definition) is 5. The van der Waals surface area contributed by atoms with Crippen molar-refractivity contribution in [2.24, 2.45) is 0 Å². The molecule has 0 aliphatic heterocycles. The van der Waals surface area contributed by atoms with Crippen LogP contribution >= 0.6 is 12.2 Å². The fourth-order valence-electron chi connectivity index (χ4n) is 1.54.